The number of benzene rings is 3. The number of hydrogen-bond acceptors (Lipinski definition) is 3. The molecule has 0 aliphatic rings. The molecule has 0 aliphatic carbocycles. The fraction of sp³-hybridized carbons (Fsp3) is 0.333. The van der Waals surface area contributed by atoms with E-state index in [9.17, 15) is 0 Å². The van der Waals surface area contributed by atoms with Gasteiger partial charge in [-0.25, -0.2) is 0 Å². The minimum atomic E-state index is -3.17. The summed E-state index contributed by atoms with van der Waals surface area (Å²) < 4.78 is 21.8. The highest BCUT2D eigenvalue weighted by Crippen LogP contribution is 2.30. The Morgan fingerprint density at radius 3 is 1.06 bits per heavy atom. The molecule has 3 nitrogen and oxygen atoms in total. The van der Waals surface area contributed by atoms with Crippen LogP contribution in [0.3, 0.4) is 0 Å². The van der Waals surface area contributed by atoms with Crippen molar-refractivity contribution in [2.24, 2.45) is 0 Å². The smallest absolute Gasteiger partial charge is 0.412 e. The summed E-state index contributed by atoms with van der Waals surface area (Å²) in [6.45, 7) is 13.5. The van der Waals surface area contributed by atoms with E-state index >= 15 is 0 Å². The Morgan fingerprint density at radius 1 is 0.514 bits per heavy atom. The van der Waals surface area contributed by atoms with Gasteiger partial charge in [0.25, 0.3) is 0 Å². The molecular formula is C27H39ClO3Si4. The van der Waals surface area contributed by atoms with Gasteiger partial charge in [-0.05, 0) is 61.3 Å². The number of hydrogen-bond donors (Lipinski definition) is 0. The minimum absolute atomic E-state index is 0.554. The average molecular weight is 559 g/mol. The first-order valence-corrected chi connectivity index (χ1v) is 23.5. The van der Waals surface area contributed by atoms with Crippen molar-refractivity contribution in [2.75, 3.05) is 5.88 Å². The Kier molecular flexibility index (Phi) is 9.56. The molecule has 0 aliphatic heterocycles. The zero-order valence-corrected chi connectivity index (χ0v) is 26.6. The van der Waals surface area contributed by atoms with Crippen molar-refractivity contribution in [1.82, 2.24) is 0 Å². The molecule has 8 heteroatoms. The van der Waals surface area contributed by atoms with Crippen molar-refractivity contribution in [3.05, 3.63) is 91.0 Å². The van der Waals surface area contributed by atoms with Crippen molar-refractivity contribution >= 4 is 60.9 Å². The molecule has 0 amide bonds. The van der Waals surface area contributed by atoms with Crippen LogP contribution in [0.1, 0.15) is 6.42 Å². The fourth-order valence-electron chi connectivity index (χ4n) is 4.36. The maximum Gasteiger partial charge on any atom is 0.470 e. The summed E-state index contributed by atoms with van der Waals surface area (Å²) in [6.07, 6.45) is 0.797. The zero-order chi connectivity index (χ0) is 25.6. The van der Waals surface area contributed by atoms with Crippen LogP contribution in [0.2, 0.25) is 45.3 Å². The number of halogens is 1. The molecule has 3 rings (SSSR count). The van der Waals surface area contributed by atoms with Crippen LogP contribution in [0.5, 0.6) is 0 Å². The van der Waals surface area contributed by atoms with Crippen LogP contribution >= 0.6 is 11.6 Å². The summed E-state index contributed by atoms with van der Waals surface area (Å²) in [6, 6.07) is 32.4. The first kappa shape index (κ1) is 28.3. The third kappa shape index (κ3) is 7.59. The van der Waals surface area contributed by atoms with Crippen LogP contribution in [0.25, 0.3) is 0 Å². The highest BCUT2D eigenvalue weighted by Gasteiger charge is 2.53. The Hall–Kier alpha value is -1.30. The normalized spacial score (nSPS) is 13.1. The predicted octanol–water partition coefficient (Wildman–Crippen LogP) is 5.94. The van der Waals surface area contributed by atoms with Crippen LogP contribution < -0.4 is 15.6 Å². The molecule has 3 aromatic rings. The van der Waals surface area contributed by atoms with E-state index in [2.05, 4.69) is 130 Å². The topological polar surface area (TPSA) is 27.7 Å². The summed E-state index contributed by atoms with van der Waals surface area (Å²) >= 11 is 6.26. The average Bonchev–Trinajstić information content (AvgIpc) is 2.83. The highest BCUT2D eigenvalue weighted by molar-refractivity contribution is 6.98. The van der Waals surface area contributed by atoms with Crippen LogP contribution in [0.15, 0.2) is 91.0 Å². The van der Waals surface area contributed by atoms with E-state index in [1.807, 2.05) is 0 Å². The SMILES string of the molecule is C[Si](C)(O[Si](CCCCl)(O[Si](C)(C)c1ccccc1)O[Si](C)(C)c1ccccc1)c1ccccc1. The van der Waals surface area contributed by atoms with E-state index < -0.39 is 33.8 Å². The van der Waals surface area contributed by atoms with Gasteiger partial charge in [-0.3, -0.25) is 0 Å². The molecule has 0 heterocycles. The van der Waals surface area contributed by atoms with Crippen LogP contribution in [-0.2, 0) is 12.3 Å². The lowest BCUT2D eigenvalue weighted by molar-refractivity contribution is 0.256. The highest BCUT2D eigenvalue weighted by atomic mass is 35.5. The molecule has 0 saturated heterocycles. The Bertz CT molecular complexity index is 918. The van der Waals surface area contributed by atoms with Gasteiger partial charge in [-0.1, -0.05) is 91.0 Å². The lowest BCUT2D eigenvalue weighted by Gasteiger charge is -2.45. The third-order valence-corrected chi connectivity index (χ3v) is 22.5. The van der Waals surface area contributed by atoms with E-state index in [-0.39, 0.29) is 0 Å². The summed E-state index contributed by atoms with van der Waals surface area (Å²) in [7, 11) is -10.2. The second-order valence-electron chi connectivity index (χ2n) is 10.4. The summed E-state index contributed by atoms with van der Waals surface area (Å²) in [4.78, 5) is 0. The van der Waals surface area contributed by atoms with Crippen LogP contribution in [0.4, 0.5) is 0 Å². The lowest BCUT2D eigenvalue weighted by atomic mass is 10.4. The Morgan fingerprint density at radius 2 is 0.800 bits per heavy atom. The molecule has 0 fully saturated rings. The number of rotatable bonds is 12. The van der Waals surface area contributed by atoms with Crippen molar-refractivity contribution in [2.45, 2.75) is 51.7 Å². The van der Waals surface area contributed by atoms with Gasteiger partial charge in [0, 0.05) is 11.9 Å². The standard InChI is InChI=1S/C27H39ClO3Si4/c1-32(2,25-17-10-7-11-18-25)29-35(24-16-23-28,30-33(3,4)26-19-12-8-13-20-26)31-34(5,6)27-21-14-9-15-22-27/h7-15,17-22H,16,23-24H2,1-6H3. The van der Waals surface area contributed by atoms with Gasteiger partial charge in [0.05, 0.1) is 0 Å². The van der Waals surface area contributed by atoms with E-state index in [1.165, 1.54) is 15.6 Å². The molecule has 188 valence electrons. The molecule has 0 bridgehead atoms. The predicted molar refractivity (Wildman–Crippen MR) is 160 cm³/mol. The lowest BCUT2D eigenvalue weighted by Crippen LogP contribution is -2.67. The van der Waals surface area contributed by atoms with Gasteiger partial charge < -0.3 is 12.3 Å². The first-order valence-electron chi connectivity index (χ1n) is 12.3. The van der Waals surface area contributed by atoms with E-state index in [0.29, 0.717) is 11.9 Å². The van der Waals surface area contributed by atoms with Crippen LogP contribution in [-0.4, -0.2) is 39.6 Å². The Balaban J connectivity index is 2.09. The molecule has 0 atom stereocenters. The van der Waals surface area contributed by atoms with Gasteiger partial charge in [0.2, 0.25) is 25.0 Å². The van der Waals surface area contributed by atoms with Gasteiger partial charge in [-0.2, -0.15) is 0 Å². The molecule has 0 spiro atoms. The van der Waals surface area contributed by atoms with Crippen molar-refractivity contribution < 1.29 is 12.3 Å². The molecule has 0 N–H and O–H groups in total. The maximum atomic E-state index is 7.27. The summed E-state index contributed by atoms with van der Waals surface area (Å²) in [5.41, 5.74) is 0. The molecule has 0 aromatic heterocycles. The van der Waals surface area contributed by atoms with Crippen LogP contribution in [0, 0.1) is 0 Å². The van der Waals surface area contributed by atoms with E-state index in [0.717, 1.165) is 6.42 Å². The first-order chi connectivity index (χ1) is 16.5. The molecule has 0 unspecified atom stereocenters. The minimum Gasteiger partial charge on any atom is -0.412 e. The van der Waals surface area contributed by atoms with E-state index in [4.69, 9.17) is 23.9 Å². The fourth-order valence-corrected chi connectivity index (χ4v) is 21.9. The zero-order valence-electron chi connectivity index (χ0n) is 21.9. The molecular weight excluding hydrogens is 520 g/mol. The third-order valence-electron chi connectivity index (χ3n) is 6.26. The van der Waals surface area contributed by atoms with Gasteiger partial charge in [-0.15, -0.1) is 11.6 Å². The van der Waals surface area contributed by atoms with Crippen molar-refractivity contribution in [3.8, 4) is 0 Å². The molecule has 0 radical (unpaired) electrons. The molecule has 3 aromatic carbocycles. The summed E-state index contributed by atoms with van der Waals surface area (Å²) in [5, 5.41) is 3.73. The Labute approximate surface area is 221 Å². The maximum absolute atomic E-state index is 7.27. The molecule has 35 heavy (non-hydrogen) atoms. The second-order valence-corrected chi connectivity index (χ2v) is 25.9. The monoisotopic (exact) mass is 558 g/mol. The van der Waals surface area contributed by atoms with Gasteiger partial charge in [0.1, 0.15) is 0 Å². The second kappa shape index (κ2) is 11.8. The van der Waals surface area contributed by atoms with Gasteiger partial charge in [0.15, 0.2) is 0 Å². The quantitative estimate of drug-likeness (QED) is 0.203. The van der Waals surface area contributed by atoms with Crippen molar-refractivity contribution in [3.63, 3.8) is 0 Å². The van der Waals surface area contributed by atoms with Crippen molar-refractivity contribution in [1.29, 1.82) is 0 Å². The molecule has 0 saturated carbocycles. The van der Waals surface area contributed by atoms with E-state index in [1.54, 1.807) is 0 Å². The van der Waals surface area contributed by atoms with Gasteiger partial charge >= 0.3 is 8.80 Å². The summed E-state index contributed by atoms with van der Waals surface area (Å²) in [5.74, 6) is 0.554. The number of alkyl halides is 1. The largest absolute Gasteiger partial charge is 0.470 e.